The maximum absolute atomic E-state index is 12.9. The van der Waals surface area contributed by atoms with Crippen LogP contribution in [0.3, 0.4) is 0 Å². The van der Waals surface area contributed by atoms with Crippen molar-refractivity contribution >= 4 is 70.3 Å². The number of piperazine rings is 1. The smallest absolute Gasteiger partial charge is 0.340 e. The van der Waals surface area contributed by atoms with Gasteiger partial charge in [-0.25, -0.2) is 4.79 Å². The first-order chi connectivity index (χ1) is 17.2. The van der Waals surface area contributed by atoms with Crippen molar-refractivity contribution in [3.8, 4) is 0 Å². The number of nitrogens with zero attached hydrogens (tertiary/aromatic N) is 3. The van der Waals surface area contributed by atoms with Crippen molar-refractivity contribution in [3.63, 3.8) is 0 Å². The number of carbonyl (C=O) groups is 1. The van der Waals surface area contributed by atoms with Crippen LogP contribution in [0.25, 0.3) is 10.9 Å². The number of carbonyl (C=O) groups excluding carboxylic acids is 1. The van der Waals surface area contributed by atoms with Crippen LogP contribution in [-0.4, -0.2) is 55.2 Å². The molecular weight excluding hydrogens is 531 g/mol. The van der Waals surface area contributed by atoms with Gasteiger partial charge in [-0.2, -0.15) is 0 Å². The highest BCUT2D eigenvalue weighted by Gasteiger charge is 2.18. The van der Waals surface area contributed by atoms with E-state index < -0.39 is 0 Å². The molecule has 0 unspecified atom stereocenters. The van der Waals surface area contributed by atoms with Crippen LogP contribution in [0.15, 0.2) is 85.1 Å². The van der Waals surface area contributed by atoms with Gasteiger partial charge in [0.25, 0.3) is 0 Å². The second-order valence-electron chi connectivity index (χ2n) is 8.47. The number of benzene rings is 3. The molecule has 3 aromatic carbocycles. The van der Waals surface area contributed by atoms with E-state index in [1.807, 2.05) is 48.5 Å². The number of rotatable bonds is 7. The molecule has 0 saturated carbocycles. The van der Waals surface area contributed by atoms with Crippen molar-refractivity contribution in [3.05, 3.63) is 95.6 Å². The summed E-state index contributed by atoms with van der Waals surface area (Å²) in [6.07, 6.45) is 1.70. The van der Waals surface area contributed by atoms with E-state index in [4.69, 9.17) is 16.3 Å². The minimum atomic E-state index is -0.340. The van der Waals surface area contributed by atoms with Gasteiger partial charge >= 0.3 is 5.97 Å². The Balaban J connectivity index is 0.00000190. The Morgan fingerprint density at radius 3 is 2.38 bits per heavy atom. The summed E-state index contributed by atoms with van der Waals surface area (Å²) in [5, 5.41) is 4.84. The van der Waals surface area contributed by atoms with Gasteiger partial charge in [0.1, 0.15) is 6.61 Å². The number of halogens is 3. The monoisotopic (exact) mass is 558 g/mol. The van der Waals surface area contributed by atoms with Crippen LogP contribution in [0.4, 0.5) is 17.1 Å². The number of ether oxygens (including phenoxy) is 1. The third kappa shape index (κ3) is 6.84. The summed E-state index contributed by atoms with van der Waals surface area (Å²) >= 11 is 6.30. The van der Waals surface area contributed by atoms with Crippen LogP contribution in [0.1, 0.15) is 10.4 Å². The number of esters is 1. The van der Waals surface area contributed by atoms with Crippen LogP contribution in [0.2, 0.25) is 5.02 Å². The van der Waals surface area contributed by atoms with Gasteiger partial charge in [0, 0.05) is 55.7 Å². The third-order valence-corrected chi connectivity index (χ3v) is 6.58. The highest BCUT2D eigenvalue weighted by Crippen LogP contribution is 2.30. The van der Waals surface area contributed by atoms with Gasteiger partial charge in [-0.05, 0) is 36.4 Å². The molecule has 0 spiro atoms. The Morgan fingerprint density at radius 2 is 1.59 bits per heavy atom. The predicted molar refractivity (Wildman–Crippen MR) is 156 cm³/mol. The number of para-hydroxylation sites is 3. The fraction of sp³-hybridized carbons (Fsp3) is 0.214. The molecule has 0 bridgehead atoms. The zero-order chi connectivity index (χ0) is 24.0. The third-order valence-electron chi connectivity index (χ3n) is 6.27. The summed E-state index contributed by atoms with van der Waals surface area (Å²) in [5.41, 5.74) is 3.97. The number of pyridine rings is 1. The van der Waals surface area contributed by atoms with Crippen LogP contribution in [0, 0.1) is 0 Å². The van der Waals surface area contributed by atoms with Crippen LogP contribution in [-0.2, 0) is 4.74 Å². The van der Waals surface area contributed by atoms with E-state index in [-0.39, 0.29) is 30.8 Å². The summed E-state index contributed by atoms with van der Waals surface area (Å²) in [6, 6.07) is 25.4. The molecule has 9 heteroatoms. The lowest BCUT2D eigenvalue weighted by molar-refractivity contribution is 0.0460. The average molecular weight is 560 g/mol. The first-order valence-corrected chi connectivity index (χ1v) is 12.2. The number of aromatic nitrogens is 1. The van der Waals surface area contributed by atoms with E-state index in [0.29, 0.717) is 28.4 Å². The van der Waals surface area contributed by atoms with Crippen molar-refractivity contribution < 1.29 is 9.53 Å². The van der Waals surface area contributed by atoms with Gasteiger partial charge in [-0.1, -0.05) is 54.1 Å². The number of anilines is 3. The molecule has 6 nitrogen and oxygen atoms in total. The Morgan fingerprint density at radius 1 is 0.865 bits per heavy atom. The lowest BCUT2D eigenvalue weighted by atomic mass is 10.1. The summed E-state index contributed by atoms with van der Waals surface area (Å²) < 4.78 is 5.66. The van der Waals surface area contributed by atoms with E-state index in [1.165, 1.54) is 5.69 Å². The molecule has 1 saturated heterocycles. The molecule has 1 fully saturated rings. The first kappa shape index (κ1) is 28.5. The number of fused-ring (bicyclic) bond motifs is 1. The summed E-state index contributed by atoms with van der Waals surface area (Å²) in [7, 11) is 0. The fourth-order valence-electron chi connectivity index (χ4n) is 4.38. The summed E-state index contributed by atoms with van der Waals surface area (Å²) in [5.74, 6) is -0.340. The zero-order valence-corrected chi connectivity index (χ0v) is 22.6. The molecule has 0 radical (unpaired) electrons. The van der Waals surface area contributed by atoms with Crippen molar-refractivity contribution in [1.82, 2.24) is 9.88 Å². The van der Waals surface area contributed by atoms with Gasteiger partial charge in [0.05, 0.1) is 21.8 Å². The van der Waals surface area contributed by atoms with E-state index in [1.54, 1.807) is 12.3 Å². The molecule has 5 rings (SSSR count). The molecule has 1 aliphatic heterocycles. The Kier molecular flexibility index (Phi) is 10.4. The molecule has 0 atom stereocenters. The topological polar surface area (TPSA) is 57.7 Å². The SMILES string of the molecule is Cl.Cl.O=C(OCCN1CCN(c2ccccc2)CC1)c1ccccc1Nc1ccnc2c(Cl)cccc12. The quantitative estimate of drug-likeness (QED) is 0.263. The van der Waals surface area contributed by atoms with E-state index in [9.17, 15) is 4.79 Å². The Hall–Kier alpha value is -3.03. The maximum Gasteiger partial charge on any atom is 0.340 e. The standard InChI is InChI=1S/C28H27ClN4O2.2ClH/c29-24-11-6-10-22-26(13-14-30-27(22)24)31-25-12-5-4-9-23(25)28(34)35-20-19-32-15-17-33(18-16-32)21-7-2-1-3-8-21;;/h1-14H,15-20H2,(H,30,31);2*1H. The lowest BCUT2D eigenvalue weighted by Gasteiger charge is -2.35. The summed E-state index contributed by atoms with van der Waals surface area (Å²) in [4.78, 5) is 22.0. The lowest BCUT2D eigenvalue weighted by Crippen LogP contribution is -2.47. The van der Waals surface area contributed by atoms with E-state index in [0.717, 1.165) is 43.8 Å². The molecule has 194 valence electrons. The number of nitrogens with one attached hydrogen (secondary N) is 1. The van der Waals surface area contributed by atoms with Gasteiger partial charge in [0.2, 0.25) is 0 Å². The van der Waals surface area contributed by atoms with Gasteiger partial charge < -0.3 is 15.0 Å². The van der Waals surface area contributed by atoms with Crippen molar-refractivity contribution in [2.24, 2.45) is 0 Å². The second kappa shape index (κ2) is 13.5. The van der Waals surface area contributed by atoms with Gasteiger partial charge in [-0.15, -0.1) is 24.8 Å². The first-order valence-electron chi connectivity index (χ1n) is 11.8. The molecule has 1 N–H and O–H groups in total. The zero-order valence-electron chi connectivity index (χ0n) is 20.2. The van der Waals surface area contributed by atoms with Crippen molar-refractivity contribution in [2.45, 2.75) is 0 Å². The number of hydrogen-bond acceptors (Lipinski definition) is 6. The predicted octanol–water partition coefficient (Wildman–Crippen LogP) is 6.45. The normalized spacial score (nSPS) is 13.4. The average Bonchev–Trinajstić information content (AvgIpc) is 2.90. The molecule has 4 aromatic rings. The van der Waals surface area contributed by atoms with Gasteiger partial charge in [0.15, 0.2) is 0 Å². The highest BCUT2D eigenvalue weighted by atomic mass is 35.5. The van der Waals surface area contributed by atoms with Crippen LogP contribution in [0.5, 0.6) is 0 Å². The Labute approximate surface area is 234 Å². The minimum absolute atomic E-state index is 0. The molecule has 2 heterocycles. The van der Waals surface area contributed by atoms with Crippen molar-refractivity contribution in [1.29, 1.82) is 0 Å². The largest absolute Gasteiger partial charge is 0.461 e. The molecule has 1 aliphatic rings. The number of hydrogen-bond donors (Lipinski definition) is 1. The molecule has 0 amide bonds. The summed E-state index contributed by atoms with van der Waals surface area (Å²) in [6.45, 7) is 4.90. The molecule has 1 aromatic heterocycles. The van der Waals surface area contributed by atoms with E-state index in [2.05, 4.69) is 44.4 Å². The van der Waals surface area contributed by atoms with Crippen LogP contribution < -0.4 is 10.2 Å². The van der Waals surface area contributed by atoms with Crippen molar-refractivity contribution in [2.75, 3.05) is 49.5 Å². The van der Waals surface area contributed by atoms with Gasteiger partial charge in [-0.3, -0.25) is 9.88 Å². The Bertz CT molecular complexity index is 1320. The minimum Gasteiger partial charge on any atom is -0.461 e. The molecule has 0 aliphatic carbocycles. The second-order valence-corrected chi connectivity index (χ2v) is 8.87. The molecule has 37 heavy (non-hydrogen) atoms. The maximum atomic E-state index is 12.9. The fourth-order valence-corrected chi connectivity index (χ4v) is 4.60. The van der Waals surface area contributed by atoms with E-state index >= 15 is 0 Å². The highest BCUT2D eigenvalue weighted by molar-refractivity contribution is 6.35. The molecular formula is C28H29Cl3N4O2. The van der Waals surface area contributed by atoms with Crippen LogP contribution >= 0.6 is 36.4 Å².